The molecule has 0 aliphatic carbocycles. The number of nitrogens with zero attached hydrogens (tertiary/aromatic N) is 2. The average Bonchev–Trinajstić information content (AvgIpc) is 3.19. The fourth-order valence-corrected chi connectivity index (χ4v) is 3.12. The van der Waals surface area contributed by atoms with E-state index in [1.165, 1.54) is 5.56 Å². The Bertz CT molecular complexity index is 593. The van der Waals surface area contributed by atoms with E-state index in [9.17, 15) is 9.59 Å². The first-order valence-corrected chi connectivity index (χ1v) is 9.73. The second kappa shape index (κ2) is 10.9. The smallest absolute Gasteiger partial charge is 0.254 e. The molecule has 0 bridgehead atoms. The van der Waals surface area contributed by atoms with Gasteiger partial charge in [-0.3, -0.25) is 9.59 Å². The SMILES string of the molecule is CC.CC.CC(N)C(=O)N1CCN(C(=O)c2cccc3c2CNC3)CC1. The molecule has 1 atom stereocenters. The molecule has 1 fully saturated rings. The lowest BCUT2D eigenvalue weighted by atomic mass is 10.0. The van der Waals surface area contributed by atoms with Crippen molar-refractivity contribution >= 4 is 11.8 Å². The molecule has 1 saturated heterocycles. The minimum Gasteiger partial charge on any atom is -0.338 e. The largest absolute Gasteiger partial charge is 0.338 e. The van der Waals surface area contributed by atoms with Crippen LogP contribution in [0.4, 0.5) is 0 Å². The van der Waals surface area contributed by atoms with Gasteiger partial charge in [0.05, 0.1) is 6.04 Å². The van der Waals surface area contributed by atoms with Gasteiger partial charge in [-0.05, 0) is 24.1 Å². The zero-order valence-corrected chi connectivity index (χ0v) is 16.8. The van der Waals surface area contributed by atoms with Gasteiger partial charge in [-0.15, -0.1) is 0 Å². The van der Waals surface area contributed by atoms with Crippen LogP contribution in [0.15, 0.2) is 18.2 Å². The van der Waals surface area contributed by atoms with E-state index in [-0.39, 0.29) is 11.8 Å². The van der Waals surface area contributed by atoms with Crippen molar-refractivity contribution in [3.05, 3.63) is 34.9 Å². The molecule has 1 unspecified atom stereocenters. The van der Waals surface area contributed by atoms with Crippen molar-refractivity contribution in [2.24, 2.45) is 5.73 Å². The van der Waals surface area contributed by atoms with Crippen LogP contribution in [0.2, 0.25) is 0 Å². The summed E-state index contributed by atoms with van der Waals surface area (Å²) in [5.74, 6) is 0.0188. The maximum Gasteiger partial charge on any atom is 0.254 e. The minimum absolute atomic E-state index is 0.0445. The molecular formula is C20H34N4O2. The van der Waals surface area contributed by atoms with Crippen LogP contribution in [0.3, 0.4) is 0 Å². The van der Waals surface area contributed by atoms with Crippen LogP contribution in [0, 0.1) is 0 Å². The summed E-state index contributed by atoms with van der Waals surface area (Å²) in [4.78, 5) is 28.2. The zero-order chi connectivity index (χ0) is 19.7. The molecular weight excluding hydrogens is 328 g/mol. The molecule has 0 radical (unpaired) electrons. The number of piperazine rings is 1. The lowest BCUT2D eigenvalue weighted by molar-refractivity contribution is -0.133. The van der Waals surface area contributed by atoms with E-state index in [2.05, 4.69) is 11.4 Å². The third kappa shape index (κ3) is 5.05. The Balaban J connectivity index is 0.000000791. The summed E-state index contributed by atoms with van der Waals surface area (Å²) in [5.41, 5.74) is 8.74. The number of nitrogens with two attached hydrogens (primary N) is 1. The molecule has 26 heavy (non-hydrogen) atoms. The number of hydrogen-bond acceptors (Lipinski definition) is 4. The van der Waals surface area contributed by atoms with Crippen molar-refractivity contribution in [3.63, 3.8) is 0 Å². The molecule has 146 valence electrons. The number of benzene rings is 1. The van der Waals surface area contributed by atoms with Crippen molar-refractivity contribution in [1.29, 1.82) is 0 Å². The first kappa shape index (κ1) is 22.1. The van der Waals surface area contributed by atoms with Gasteiger partial charge in [0.25, 0.3) is 5.91 Å². The van der Waals surface area contributed by atoms with Gasteiger partial charge in [-0.25, -0.2) is 0 Å². The molecule has 2 heterocycles. The summed E-state index contributed by atoms with van der Waals surface area (Å²) < 4.78 is 0. The molecule has 6 heteroatoms. The number of rotatable bonds is 2. The lowest BCUT2D eigenvalue weighted by Crippen LogP contribution is -2.53. The Morgan fingerprint density at radius 2 is 1.58 bits per heavy atom. The Kier molecular flexibility index (Phi) is 9.30. The van der Waals surface area contributed by atoms with Gasteiger partial charge in [0, 0.05) is 44.8 Å². The number of fused-ring (bicyclic) bond motifs is 1. The van der Waals surface area contributed by atoms with Crippen LogP contribution < -0.4 is 11.1 Å². The van der Waals surface area contributed by atoms with Crippen LogP contribution in [0.25, 0.3) is 0 Å². The molecule has 0 spiro atoms. The number of amides is 2. The highest BCUT2D eigenvalue weighted by molar-refractivity contribution is 5.96. The van der Waals surface area contributed by atoms with E-state index >= 15 is 0 Å². The third-order valence-corrected chi connectivity index (χ3v) is 4.39. The molecule has 0 aromatic heterocycles. The molecule has 6 nitrogen and oxygen atoms in total. The van der Waals surface area contributed by atoms with Crippen molar-refractivity contribution in [2.45, 2.75) is 53.8 Å². The van der Waals surface area contributed by atoms with Crippen LogP contribution in [0.5, 0.6) is 0 Å². The van der Waals surface area contributed by atoms with E-state index in [0.29, 0.717) is 26.2 Å². The van der Waals surface area contributed by atoms with Gasteiger partial charge in [-0.2, -0.15) is 0 Å². The van der Waals surface area contributed by atoms with E-state index in [4.69, 9.17) is 5.73 Å². The number of carbonyl (C=O) groups is 2. The lowest BCUT2D eigenvalue weighted by Gasteiger charge is -2.35. The molecule has 1 aromatic carbocycles. The normalized spacial score (nSPS) is 16.5. The summed E-state index contributed by atoms with van der Waals surface area (Å²) in [6.07, 6.45) is 0. The highest BCUT2D eigenvalue weighted by Crippen LogP contribution is 2.21. The Labute approximate surface area is 157 Å². The Morgan fingerprint density at radius 3 is 2.15 bits per heavy atom. The topological polar surface area (TPSA) is 78.7 Å². The van der Waals surface area contributed by atoms with Crippen LogP contribution >= 0.6 is 0 Å². The summed E-state index contributed by atoms with van der Waals surface area (Å²) in [6.45, 7) is 13.5. The quantitative estimate of drug-likeness (QED) is 0.843. The van der Waals surface area contributed by atoms with Crippen molar-refractivity contribution in [3.8, 4) is 0 Å². The molecule has 3 rings (SSSR count). The Hall–Kier alpha value is -1.92. The van der Waals surface area contributed by atoms with Gasteiger partial charge in [0.15, 0.2) is 0 Å². The van der Waals surface area contributed by atoms with Gasteiger partial charge >= 0.3 is 0 Å². The molecule has 2 amide bonds. The van der Waals surface area contributed by atoms with Gasteiger partial charge in [0.2, 0.25) is 5.91 Å². The monoisotopic (exact) mass is 362 g/mol. The van der Waals surface area contributed by atoms with Gasteiger partial charge in [0.1, 0.15) is 0 Å². The number of carbonyl (C=O) groups excluding carboxylic acids is 2. The highest BCUT2D eigenvalue weighted by Gasteiger charge is 2.28. The van der Waals surface area contributed by atoms with Gasteiger partial charge in [-0.1, -0.05) is 39.8 Å². The number of nitrogens with one attached hydrogen (secondary N) is 1. The maximum atomic E-state index is 12.7. The summed E-state index contributed by atoms with van der Waals surface area (Å²) in [6, 6.07) is 5.42. The molecule has 2 aliphatic rings. The molecule has 3 N–H and O–H groups in total. The van der Waals surface area contributed by atoms with Crippen molar-refractivity contribution in [1.82, 2.24) is 15.1 Å². The molecule has 1 aromatic rings. The van der Waals surface area contributed by atoms with E-state index < -0.39 is 6.04 Å². The standard InChI is InChI=1S/C16H22N4O2.2C2H6/c1-11(17)15(21)19-5-7-20(8-6-19)16(22)13-4-2-3-12-9-18-10-14(12)13;2*1-2/h2-4,11,18H,5-10,17H2,1H3;2*1-2H3. The fraction of sp³-hybridized carbons (Fsp3) is 0.600. The minimum atomic E-state index is -0.481. The highest BCUT2D eigenvalue weighted by atomic mass is 16.2. The molecule has 2 aliphatic heterocycles. The van der Waals surface area contributed by atoms with Crippen molar-refractivity contribution in [2.75, 3.05) is 26.2 Å². The summed E-state index contributed by atoms with van der Waals surface area (Å²) >= 11 is 0. The zero-order valence-electron chi connectivity index (χ0n) is 16.8. The Morgan fingerprint density at radius 1 is 1.00 bits per heavy atom. The van der Waals surface area contributed by atoms with Crippen LogP contribution in [0.1, 0.15) is 56.1 Å². The first-order valence-electron chi connectivity index (χ1n) is 9.73. The third-order valence-electron chi connectivity index (χ3n) is 4.39. The predicted molar refractivity (Wildman–Crippen MR) is 106 cm³/mol. The van der Waals surface area contributed by atoms with Gasteiger partial charge < -0.3 is 20.9 Å². The summed E-state index contributed by atoms with van der Waals surface area (Å²) in [7, 11) is 0. The first-order chi connectivity index (χ1) is 12.6. The van der Waals surface area contributed by atoms with E-state index in [0.717, 1.165) is 24.2 Å². The molecule has 0 saturated carbocycles. The van der Waals surface area contributed by atoms with Crippen molar-refractivity contribution < 1.29 is 9.59 Å². The fourth-order valence-electron chi connectivity index (χ4n) is 3.12. The second-order valence-corrected chi connectivity index (χ2v) is 5.95. The maximum absolute atomic E-state index is 12.7. The second-order valence-electron chi connectivity index (χ2n) is 5.95. The predicted octanol–water partition coefficient (Wildman–Crippen LogP) is 1.97. The van der Waals surface area contributed by atoms with Crippen LogP contribution in [-0.4, -0.2) is 53.8 Å². The van der Waals surface area contributed by atoms with E-state index in [1.54, 1.807) is 11.8 Å². The van der Waals surface area contributed by atoms with E-state index in [1.807, 2.05) is 44.7 Å². The number of hydrogen-bond donors (Lipinski definition) is 2. The average molecular weight is 363 g/mol. The summed E-state index contributed by atoms with van der Waals surface area (Å²) in [5, 5.41) is 3.28. The van der Waals surface area contributed by atoms with Crippen LogP contribution in [-0.2, 0) is 17.9 Å².